The molecule has 2 fully saturated rings. The van der Waals surface area contributed by atoms with Crippen LogP contribution in [0.1, 0.15) is 38.5 Å². The van der Waals surface area contributed by atoms with E-state index in [1.165, 1.54) is 6.42 Å². The van der Waals surface area contributed by atoms with E-state index in [9.17, 15) is 9.90 Å². The van der Waals surface area contributed by atoms with Crippen molar-refractivity contribution in [3.8, 4) is 0 Å². The second-order valence-electron chi connectivity index (χ2n) is 4.80. The highest BCUT2D eigenvalue weighted by Gasteiger charge is 2.48. The summed E-state index contributed by atoms with van der Waals surface area (Å²) in [5.41, 5.74) is 5.39. The molecule has 0 spiro atoms. The van der Waals surface area contributed by atoms with Gasteiger partial charge in [0, 0.05) is 11.3 Å². The standard InChI is InChI=1S/C11H19NO2S/c12-8-3-5-11(6-4-8,10(13)14)9-2-1-7-15-9/h8-9H,1-7,12H2,(H,13,14). The molecule has 2 aliphatic rings. The van der Waals surface area contributed by atoms with E-state index in [1.807, 2.05) is 11.8 Å². The van der Waals surface area contributed by atoms with Gasteiger partial charge in [0.15, 0.2) is 0 Å². The highest BCUT2D eigenvalue weighted by molar-refractivity contribution is 8.00. The Morgan fingerprint density at radius 2 is 2.00 bits per heavy atom. The van der Waals surface area contributed by atoms with E-state index in [0.717, 1.165) is 37.9 Å². The average molecular weight is 229 g/mol. The van der Waals surface area contributed by atoms with Gasteiger partial charge in [-0.1, -0.05) is 0 Å². The van der Waals surface area contributed by atoms with Gasteiger partial charge in [0.25, 0.3) is 0 Å². The normalized spacial score (nSPS) is 41.7. The van der Waals surface area contributed by atoms with Gasteiger partial charge in [-0.05, 0) is 44.3 Å². The van der Waals surface area contributed by atoms with Gasteiger partial charge in [-0.15, -0.1) is 0 Å². The minimum atomic E-state index is -0.589. The van der Waals surface area contributed by atoms with Crippen molar-refractivity contribution in [3.05, 3.63) is 0 Å². The smallest absolute Gasteiger partial charge is 0.310 e. The molecule has 1 heterocycles. The molecule has 0 bridgehead atoms. The third kappa shape index (κ3) is 2.02. The maximum absolute atomic E-state index is 11.5. The van der Waals surface area contributed by atoms with Gasteiger partial charge in [0.1, 0.15) is 0 Å². The third-order valence-electron chi connectivity index (χ3n) is 3.89. The summed E-state index contributed by atoms with van der Waals surface area (Å²) >= 11 is 1.86. The van der Waals surface area contributed by atoms with Crippen molar-refractivity contribution < 1.29 is 9.90 Å². The first-order valence-electron chi connectivity index (χ1n) is 5.76. The summed E-state index contributed by atoms with van der Waals surface area (Å²) in [4.78, 5) is 11.5. The molecule has 3 nitrogen and oxygen atoms in total. The van der Waals surface area contributed by atoms with E-state index in [-0.39, 0.29) is 6.04 Å². The Kier molecular flexibility index (Phi) is 3.26. The maximum Gasteiger partial charge on any atom is 0.310 e. The Bertz CT molecular complexity index is 243. The predicted molar refractivity (Wildman–Crippen MR) is 62.0 cm³/mol. The molecule has 0 aromatic heterocycles. The van der Waals surface area contributed by atoms with Gasteiger partial charge in [-0.3, -0.25) is 4.79 Å². The molecule has 86 valence electrons. The number of aliphatic carboxylic acids is 1. The summed E-state index contributed by atoms with van der Waals surface area (Å²) in [7, 11) is 0. The van der Waals surface area contributed by atoms with Crippen LogP contribution in [0, 0.1) is 5.41 Å². The molecule has 1 atom stereocenters. The van der Waals surface area contributed by atoms with E-state index >= 15 is 0 Å². The molecule has 3 N–H and O–H groups in total. The summed E-state index contributed by atoms with van der Waals surface area (Å²) in [6, 6.07) is 0.226. The predicted octanol–water partition coefficient (Wildman–Crippen LogP) is 1.85. The van der Waals surface area contributed by atoms with Crippen LogP contribution in [0.5, 0.6) is 0 Å². The molecule has 1 saturated carbocycles. The molecule has 1 saturated heterocycles. The zero-order valence-electron chi connectivity index (χ0n) is 8.95. The minimum absolute atomic E-state index is 0.226. The molecule has 4 heteroatoms. The summed E-state index contributed by atoms with van der Waals surface area (Å²) in [6.45, 7) is 0. The fraction of sp³-hybridized carbons (Fsp3) is 0.909. The Labute approximate surface area is 94.8 Å². The second kappa shape index (κ2) is 4.34. The van der Waals surface area contributed by atoms with Crippen LogP contribution in [0.3, 0.4) is 0 Å². The van der Waals surface area contributed by atoms with Gasteiger partial charge in [-0.2, -0.15) is 11.8 Å². The lowest BCUT2D eigenvalue weighted by Gasteiger charge is -2.39. The van der Waals surface area contributed by atoms with Crippen LogP contribution >= 0.6 is 11.8 Å². The topological polar surface area (TPSA) is 63.3 Å². The van der Waals surface area contributed by atoms with Crippen molar-refractivity contribution in [2.45, 2.75) is 49.8 Å². The van der Waals surface area contributed by atoms with Crippen molar-refractivity contribution in [1.29, 1.82) is 0 Å². The summed E-state index contributed by atoms with van der Waals surface area (Å²) in [5, 5.41) is 9.82. The Morgan fingerprint density at radius 1 is 1.33 bits per heavy atom. The summed E-state index contributed by atoms with van der Waals surface area (Å²) in [5.74, 6) is 0.542. The first-order chi connectivity index (χ1) is 7.15. The fourth-order valence-electron chi connectivity index (χ4n) is 2.84. The van der Waals surface area contributed by atoms with Gasteiger partial charge < -0.3 is 10.8 Å². The molecule has 0 aromatic rings. The van der Waals surface area contributed by atoms with E-state index < -0.39 is 11.4 Å². The van der Waals surface area contributed by atoms with Crippen LogP contribution in [0.2, 0.25) is 0 Å². The van der Waals surface area contributed by atoms with Crippen molar-refractivity contribution >= 4 is 17.7 Å². The number of hydrogen-bond acceptors (Lipinski definition) is 3. The quantitative estimate of drug-likeness (QED) is 0.758. The summed E-state index contributed by atoms with van der Waals surface area (Å²) < 4.78 is 0. The lowest BCUT2D eigenvalue weighted by molar-refractivity contribution is -0.151. The monoisotopic (exact) mass is 229 g/mol. The molecule has 0 aromatic carbocycles. The molecular weight excluding hydrogens is 210 g/mol. The van der Waals surface area contributed by atoms with Gasteiger partial charge >= 0.3 is 5.97 Å². The van der Waals surface area contributed by atoms with Crippen LogP contribution in [0.15, 0.2) is 0 Å². The molecule has 0 radical (unpaired) electrons. The van der Waals surface area contributed by atoms with E-state index in [1.54, 1.807) is 0 Å². The zero-order valence-corrected chi connectivity index (χ0v) is 9.76. The highest BCUT2D eigenvalue weighted by Crippen LogP contribution is 2.48. The molecule has 1 unspecified atom stereocenters. The van der Waals surface area contributed by atoms with Crippen molar-refractivity contribution in [2.24, 2.45) is 11.1 Å². The maximum atomic E-state index is 11.5. The average Bonchev–Trinajstić information content (AvgIpc) is 2.72. The van der Waals surface area contributed by atoms with Crippen LogP contribution in [-0.2, 0) is 4.79 Å². The molecule has 15 heavy (non-hydrogen) atoms. The van der Waals surface area contributed by atoms with Crippen molar-refractivity contribution in [1.82, 2.24) is 0 Å². The number of nitrogens with two attached hydrogens (primary N) is 1. The molecule has 1 aliphatic carbocycles. The van der Waals surface area contributed by atoms with E-state index in [2.05, 4.69) is 0 Å². The number of carboxylic acids is 1. The second-order valence-corrected chi connectivity index (χ2v) is 6.11. The zero-order chi connectivity index (χ0) is 10.9. The Balaban J connectivity index is 2.13. The highest BCUT2D eigenvalue weighted by atomic mass is 32.2. The number of hydrogen-bond donors (Lipinski definition) is 2. The van der Waals surface area contributed by atoms with Crippen LogP contribution in [-0.4, -0.2) is 28.1 Å². The minimum Gasteiger partial charge on any atom is -0.481 e. The van der Waals surface area contributed by atoms with E-state index in [0.29, 0.717) is 5.25 Å². The van der Waals surface area contributed by atoms with E-state index in [4.69, 9.17) is 5.73 Å². The van der Waals surface area contributed by atoms with Gasteiger partial charge in [-0.25, -0.2) is 0 Å². The largest absolute Gasteiger partial charge is 0.481 e. The van der Waals surface area contributed by atoms with Crippen molar-refractivity contribution in [3.63, 3.8) is 0 Å². The lowest BCUT2D eigenvalue weighted by atomic mass is 9.69. The first-order valence-corrected chi connectivity index (χ1v) is 6.80. The Hall–Kier alpha value is -0.220. The first kappa shape index (κ1) is 11.3. The molecule has 0 amide bonds. The number of thioether (sulfide) groups is 1. The fourth-order valence-corrected chi connectivity index (χ4v) is 4.45. The molecular formula is C11H19NO2S. The number of rotatable bonds is 2. The third-order valence-corrected chi connectivity index (χ3v) is 5.51. The SMILES string of the molecule is NC1CCC(C(=O)O)(C2CCCS2)CC1. The summed E-state index contributed by atoms with van der Waals surface area (Å²) in [6.07, 6.45) is 5.57. The number of carbonyl (C=O) groups is 1. The lowest BCUT2D eigenvalue weighted by Crippen LogP contribution is -2.45. The number of carboxylic acid groups (broad SMARTS) is 1. The van der Waals surface area contributed by atoms with Crippen LogP contribution in [0.4, 0.5) is 0 Å². The van der Waals surface area contributed by atoms with Gasteiger partial charge in [0.2, 0.25) is 0 Å². The van der Waals surface area contributed by atoms with Crippen LogP contribution < -0.4 is 5.73 Å². The van der Waals surface area contributed by atoms with Gasteiger partial charge in [0.05, 0.1) is 5.41 Å². The Morgan fingerprint density at radius 3 is 2.47 bits per heavy atom. The molecule has 1 aliphatic heterocycles. The van der Waals surface area contributed by atoms with Crippen LogP contribution in [0.25, 0.3) is 0 Å². The van der Waals surface area contributed by atoms with Crippen molar-refractivity contribution in [2.75, 3.05) is 5.75 Å². The molecule has 2 rings (SSSR count).